The molecule has 0 aliphatic heterocycles. The van der Waals surface area contributed by atoms with Crippen LogP contribution in [0.4, 0.5) is 0 Å². The average molecular weight is 288 g/mol. The molecule has 106 valence electrons. The van der Waals surface area contributed by atoms with Gasteiger partial charge in [0.05, 0.1) is 31.8 Å². The van der Waals surface area contributed by atoms with Crippen molar-refractivity contribution in [2.45, 2.75) is 13.0 Å². The molecule has 1 amide bonds. The molecule has 0 saturated heterocycles. The lowest BCUT2D eigenvalue weighted by atomic mass is 10.2. The van der Waals surface area contributed by atoms with Crippen molar-refractivity contribution in [1.29, 1.82) is 0 Å². The molecule has 0 saturated carbocycles. The van der Waals surface area contributed by atoms with Crippen molar-refractivity contribution in [2.24, 2.45) is 0 Å². The van der Waals surface area contributed by atoms with E-state index >= 15 is 0 Å². The van der Waals surface area contributed by atoms with Crippen molar-refractivity contribution in [2.75, 3.05) is 27.8 Å². The number of carbonyl (C=O) groups excluding carboxylic acids is 1. The largest absolute Gasteiger partial charge is 0.493 e. The van der Waals surface area contributed by atoms with Crippen LogP contribution < -0.4 is 9.47 Å². The summed E-state index contributed by atoms with van der Waals surface area (Å²) in [6, 6.07) is 3.25. The van der Waals surface area contributed by atoms with Gasteiger partial charge in [0.15, 0.2) is 11.5 Å². The first kappa shape index (κ1) is 15.6. The summed E-state index contributed by atoms with van der Waals surface area (Å²) in [4.78, 5) is 12.9. The number of carbonyl (C=O) groups is 1. The van der Waals surface area contributed by atoms with Crippen molar-refractivity contribution in [3.8, 4) is 11.5 Å². The van der Waals surface area contributed by atoms with E-state index in [1.165, 1.54) is 12.0 Å². The molecular weight excluding hydrogens is 270 g/mol. The third-order valence-corrected chi connectivity index (χ3v) is 2.81. The summed E-state index contributed by atoms with van der Waals surface area (Å²) in [6.45, 7) is 0.0844. The van der Waals surface area contributed by atoms with Gasteiger partial charge in [-0.3, -0.25) is 4.79 Å². The lowest BCUT2D eigenvalue weighted by Crippen LogP contribution is -2.23. The molecule has 1 rings (SSSR count). The lowest BCUT2D eigenvalue weighted by molar-refractivity contribution is -0.129. The van der Waals surface area contributed by atoms with Crippen LogP contribution in [0, 0.1) is 0 Å². The monoisotopic (exact) mass is 287 g/mol. The number of amides is 1. The van der Waals surface area contributed by atoms with Gasteiger partial charge in [0.2, 0.25) is 5.91 Å². The van der Waals surface area contributed by atoms with Crippen LogP contribution in [-0.4, -0.2) is 43.7 Å². The molecule has 0 unspecified atom stereocenters. The topological polar surface area (TPSA) is 59.0 Å². The summed E-state index contributed by atoms with van der Waals surface area (Å²) < 4.78 is 10.7. The van der Waals surface area contributed by atoms with E-state index in [0.717, 1.165) is 0 Å². The quantitative estimate of drug-likeness (QED) is 0.865. The van der Waals surface area contributed by atoms with Crippen molar-refractivity contribution in [3.05, 3.63) is 22.7 Å². The average Bonchev–Trinajstić information content (AvgIpc) is 2.39. The van der Waals surface area contributed by atoms with Gasteiger partial charge >= 0.3 is 0 Å². The molecule has 1 aromatic carbocycles. The van der Waals surface area contributed by atoms with Crippen LogP contribution in [-0.2, 0) is 11.4 Å². The molecule has 1 aromatic rings. The Morgan fingerprint density at radius 2 is 2.11 bits per heavy atom. The van der Waals surface area contributed by atoms with Crippen LogP contribution in [0.2, 0.25) is 5.02 Å². The number of hydrogen-bond acceptors (Lipinski definition) is 4. The van der Waals surface area contributed by atoms with Gasteiger partial charge in [0, 0.05) is 14.1 Å². The molecule has 1 N–H and O–H groups in total. The van der Waals surface area contributed by atoms with Gasteiger partial charge in [-0.15, -0.1) is 0 Å². The molecule has 19 heavy (non-hydrogen) atoms. The predicted octanol–water partition coefficient (Wildman–Crippen LogP) is 1.70. The zero-order valence-corrected chi connectivity index (χ0v) is 12.0. The van der Waals surface area contributed by atoms with E-state index < -0.39 is 0 Å². The highest BCUT2D eigenvalue weighted by atomic mass is 35.5. The molecule has 0 aromatic heterocycles. The number of ether oxygens (including phenoxy) is 2. The van der Waals surface area contributed by atoms with Gasteiger partial charge in [0.1, 0.15) is 0 Å². The fraction of sp³-hybridized carbons (Fsp3) is 0.462. The maximum atomic E-state index is 11.4. The minimum absolute atomic E-state index is 0.0259. The first-order chi connectivity index (χ1) is 8.99. The Hall–Kier alpha value is -1.46. The van der Waals surface area contributed by atoms with Crippen LogP contribution in [0.1, 0.15) is 12.0 Å². The molecule has 0 fully saturated rings. The Balaban J connectivity index is 2.75. The molecule has 0 bridgehead atoms. The highest BCUT2D eigenvalue weighted by Gasteiger charge is 2.13. The fourth-order valence-corrected chi connectivity index (χ4v) is 1.76. The Bertz CT molecular complexity index is 449. The zero-order valence-electron chi connectivity index (χ0n) is 11.3. The number of halogens is 1. The van der Waals surface area contributed by atoms with E-state index in [1.54, 1.807) is 26.2 Å². The van der Waals surface area contributed by atoms with Crippen LogP contribution >= 0.6 is 11.6 Å². The smallest absolute Gasteiger partial charge is 0.225 e. The van der Waals surface area contributed by atoms with E-state index in [0.29, 0.717) is 22.1 Å². The van der Waals surface area contributed by atoms with Crippen molar-refractivity contribution < 1.29 is 19.4 Å². The van der Waals surface area contributed by atoms with Gasteiger partial charge in [0.25, 0.3) is 0 Å². The molecule has 0 aliphatic carbocycles. The normalized spacial score (nSPS) is 10.2. The first-order valence-corrected chi connectivity index (χ1v) is 6.17. The second-order valence-electron chi connectivity index (χ2n) is 4.15. The molecule has 0 spiro atoms. The SMILES string of the molecule is COc1cc(CO)cc(Cl)c1OCCC(=O)N(C)C. The van der Waals surface area contributed by atoms with Crippen LogP contribution in [0.15, 0.2) is 12.1 Å². The van der Waals surface area contributed by atoms with Crippen molar-refractivity contribution in [3.63, 3.8) is 0 Å². The zero-order chi connectivity index (χ0) is 14.4. The van der Waals surface area contributed by atoms with Gasteiger partial charge in [-0.25, -0.2) is 0 Å². The molecule has 0 atom stereocenters. The molecule has 5 nitrogen and oxygen atoms in total. The number of aliphatic hydroxyl groups is 1. The van der Waals surface area contributed by atoms with Crippen LogP contribution in [0.5, 0.6) is 11.5 Å². The number of aliphatic hydroxyl groups excluding tert-OH is 1. The summed E-state index contributed by atoms with van der Waals surface area (Å²) >= 11 is 6.06. The second-order valence-corrected chi connectivity index (χ2v) is 4.56. The van der Waals surface area contributed by atoms with E-state index in [2.05, 4.69) is 0 Å². The molecular formula is C13H18ClNO4. The van der Waals surface area contributed by atoms with Crippen molar-refractivity contribution in [1.82, 2.24) is 4.90 Å². The third kappa shape index (κ3) is 4.29. The van der Waals surface area contributed by atoms with E-state index in [9.17, 15) is 4.79 Å². The van der Waals surface area contributed by atoms with E-state index in [1.807, 2.05) is 0 Å². The number of methoxy groups -OCH3 is 1. The molecule has 6 heteroatoms. The van der Waals surface area contributed by atoms with E-state index in [-0.39, 0.29) is 25.5 Å². The summed E-state index contributed by atoms with van der Waals surface area (Å²) in [5.41, 5.74) is 0.638. The number of nitrogens with zero attached hydrogens (tertiary/aromatic N) is 1. The Labute approximate surface area is 117 Å². The minimum atomic E-state index is -0.129. The second kappa shape index (κ2) is 7.21. The van der Waals surface area contributed by atoms with Gasteiger partial charge in [-0.2, -0.15) is 0 Å². The standard InChI is InChI=1S/C13H18ClNO4/c1-15(2)12(17)4-5-19-13-10(14)6-9(8-16)7-11(13)18-3/h6-7,16H,4-5,8H2,1-3H3. The highest BCUT2D eigenvalue weighted by Crippen LogP contribution is 2.36. The Morgan fingerprint density at radius 1 is 1.42 bits per heavy atom. The maximum absolute atomic E-state index is 11.4. The highest BCUT2D eigenvalue weighted by molar-refractivity contribution is 6.32. The Morgan fingerprint density at radius 3 is 2.63 bits per heavy atom. The number of rotatable bonds is 6. The van der Waals surface area contributed by atoms with Crippen LogP contribution in [0.3, 0.4) is 0 Å². The Kier molecular flexibility index (Phi) is 5.92. The van der Waals surface area contributed by atoms with Gasteiger partial charge in [-0.05, 0) is 17.7 Å². The summed E-state index contributed by atoms with van der Waals surface area (Å²) in [6.07, 6.45) is 0.258. The van der Waals surface area contributed by atoms with Gasteiger partial charge < -0.3 is 19.5 Å². The third-order valence-electron chi connectivity index (χ3n) is 2.53. The maximum Gasteiger partial charge on any atom is 0.225 e. The van der Waals surface area contributed by atoms with Gasteiger partial charge in [-0.1, -0.05) is 11.6 Å². The molecule has 0 aliphatic rings. The molecule has 0 heterocycles. The predicted molar refractivity (Wildman–Crippen MR) is 72.7 cm³/mol. The number of benzene rings is 1. The summed E-state index contributed by atoms with van der Waals surface area (Å²) in [5, 5.41) is 9.43. The molecule has 0 radical (unpaired) electrons. The van der Waals surface area contributed by atoms with Crippen LogP contribution in [0.25, 0.3) is 0 Å². The summed E-state index contributed by atoms with van der Waals surface area (Å²) in [7, 11) is 4.86. The van der Waals surface area contributed by atoms with E-state index in [4.69, 9.17) is 26.2 Å². The minimum Gasteiger partial charge on any atom is -0.493 e. The lowest BCUT2D eigenvalue weighted by Gasteiger charge is -2.14. The first-order valence-electron chi connectivity index (χ1n) is 5.79. The summed E-state index contributed by atoms with van der Waals surface area (Å²) in [5.74, 6) is 0.795. The fourth-order valence-electron chi connectivity index (χ4n) is 1.47. The van der Waals surface area contributed by atoms with Crippen molar-refractivity contribution >= 4 is 17.5 Å². The number of hydrogen-bond donors (Lipinski definition) is 1.